The highest BCUT2D eigenvalue weighted by atomic mass is 32.2. The molecule has 2 rings (SSSR count). The monoisotopic (exact) mass is 268 g/mol. The molecule has 0 saturated carbocycles. The standard InChI is InChI=1S/C12H20N4OS/c1-3-13-10-8-11(15-12(14-10)18-2)16-6-4-9(17)5-7-16/h8-9,17H,3-7H2,1-2H3,(H,13,14,15). The highest BCUT2D eigenvalue weighted by molar-refractivity contribution is 7.98. The number of nitrogens with one attached hydrogen (secondary N) is 1. The van der Waals surface area contributed by atoms with Crippen LogP contribution in [0.2, 0.25) is 0 Å². The minimum absolute atomic E-state index is 0.156. The molecule has 2 heterocycles. The Balaban J connectivity index is 2.17. The first kappa shape index (κ1) is 13.4. The van der Waals surface area contributed by atoms with Gasteiger partial charge in [0.05, 0.1) is 6.10 Å². The van der Waals surface area contributed by atoms with Gasteiger partial charge in [0.1, 0.15) is 11.6 Å². The van der Waals surface area contributed by atoms with Crippen molar-refractivity contribution in [2.24, 2.45) is 0 Å². The van der Waals surface area contributed by atoms with E-state index in [1.807, 2.05) is 12.3 Å². The molecule has 0 atom stereocenters. The summed E-state index contributed by atoms with van der Waals surface area (Å²) in [5.41, 5.74) is 0. The maximum atomic E-state index is 9.54. The van der Waals surface area contributed by atoms with Crippen LogP contribution in [-0.2, 0) is 0 Å². The van der Waals surface area contributed by atoms with Gasteiger partial charge in [0.25, 0.3) is 0 Å². The van der Waals surface area contributed by atoms with Crippen LogP contribution in [0.3, 0.4) is 0 Å². The van der Waals surface area contributed by atoms with Crippen LogP contribution in [0, 0.1) is 0 Å². The highest BCUT2D eigenvalue weighted by Crippen LogP contribution is 2.23. The molecule has 0 aromatic carbocycles. The molecule has 18 heavy (non-hydrogen) atoms. The number of aromatic nitrogens is 2. The fourth-order valence-electron chi connectivity index (χ4n) is 2.03. The van der Waals surface area contributed by atoms with E-state index in [9.17, 15) is 5.11 Å². The number of thioether (sulfide) groups is 1. The van der Waals surface area contributed by atoms with E-state index in [4.69, 9.17) is 0 Å². The fourth-order valence-corrected chi connectivity index (χ4v) is 2.41. The number of aliphatic hydroxyl groups excluding tert-OH is 1. The lowest BCUT2D eigenvalue weighted by Crippen LogP contribution is -2.36. The third kappa shape index (κ3) is 3.26. The Kier molecular flexibility index (Phi) is 4.66. The molecule has 0 spiro atoms. The predicted octanol–water partition coefficient (Wildman–Crippen LogP) is 1.59. The molecule has 0 bridgehead atoms. The van der Waals surface area contributed by atoms with Gasteiger partial charge in [-0.1, -0.05) is 11.8 Å². The van der Waals surface area contributed by atoms with E-state index in [0.29, 0.717) is 0 Å². The number of rotatable bonds is 4. The van der Waals surface area contributed by atoms with Crippen LogP contribution < -0.4 is 10.2 Å². The summed E-state index contributed by atoms with van der Waals surface area (Å²) in [5, 5.41) is 13.6. The molecule has 100 valence electrons. The molecule has 2 N–H and O–H groups in total. The van der Waals surface area contributed by atoms with Crippen LogP contribution in [0.4, 0.5) is 11.6 Å². The number of piperidine rings is 1. The first-order valence-corrected chi connectivity index (χ1v) is 7.55. The lowest BCUT2D eigenvalue weighted by Gasteiger charge is -2.30. The van der Waals surface area contributed by atoms with Crippen molar-refractivity contribution in [1.82, 2.24) is 9.97 Å². The molecular weight excluding hydrogens is 248 g/mol. The molecule has 1 saturated heterocycles. The van der Waals surface area contributed by atoms with Crippen LogP contribution in [0.25, 0.3) is 0 Å². The molecule has 6 heteroatoms. The lowest BCUT2D eigenvalue weighted by atomic mass is 10.1. The summed E-state index contributed by atoms with van der Waals surface area (Å²) in [5.74, 6) is 1.83. The topological polar surface area (TPSA) is 61.3 Å². The molecule has 1 aromatic rings. The van der Waals surface area contributed by atoms with Crippen LogP contribution >= 0.6 is 11.8 Å². The SMILES string of the molecule is CCNc1cc(N2CCC(O)CC2)nc(SC)n1. The summed E-state index contributed by atoms with van der Waals surface area (Å²) in [6.45, 7) is 4.62. The Morgan fingerprint density at radius 2 is 2.17 bits per heavy atom. The van der Waals surface area contributed by atoms with Crippen molar-refractivity contribution < 1.29 is 5.11 Å². The second-order valence-corrected chi connectivity index (χ2v) is 5.12. The minimum Gasteiger partial charge on any atom is -0.393 e. The Morgan fingerprint density at radius 3 is 2.78 bits per heavy atom. The number of anilines is 2. The van der Waals surface area contributed by atoms with Crippen molar-refractivity contribution in [3.8, 4) is 0 Å². The van der Waals surface area contributed by atoms with E-state index >= 15 is 0 Å². The van der Waals surface area contributed by atoms with Gasteiger partial charge in [0.2, 0.25) is 0 Å². The molecule has 1 aliphatic heterocycles. The predicted molar refractivity (Wildman–Crippen MR) is 75.4 cm³/mol. The van der Waals surface area contributed by atoms with Crippen LogP contribution in [0.15, 0.2) is 11.2 Å². The second kappa shape index (κ2) is 6.24. The number of hydrogen-bond donors (Lipinski definition) is 2. The summed E-state index contributed by atoms with van der Waals surface area (Å²) in [7, 11) is 0. The fraction of sp³-hybridized carbons (Fsp3) is 0.667. The third-order valence-electron chi connectivity index (χ3n) is 3.02. The maximum Gasteiger partial charge on any atom is 0.191 e. The molecule has 5 nitrogen and oxygen atoms in total. The van der Waals surface area contributed by atoms with Gasteiger partial charge in [-0.25, -0.2) is 9.97 Å². The number of hydrogen-bond acceptors (Lipinski definition) is 6. The largest absolute Gasteiger partial charge is 0.393 e. The Morgan fingerprint density at radius 1 is 1.44 bits per heavy atom. The molecule has 0 radical (unpaired) electrons. The number of nitrogens with zero attached hydrogens (tertiary/aromatic N) is 3. The summed E-state index contributed by atoms with van der Waals surface area (Å²) in [4.78, 5) is 11.2. The van der Waals surface area contributed by atoms with Crippen molar-refractivity contribution in [2.45, 2.75) is 31.0 Å². The quantitative estimate of drug-likeness (QED) is 0.639. The van der Waals surface area contributed by atoms with Gasteiger partial charge < -0.3 is 15.3 Å². The van der Waals surface area contributed by atoms with E-state index in [-0.39, 0.29) is 6.10 Å². The van der Waals surface area contributed by atoms with Crippen LogP contribution in [0.1, 0.15) is 19.8 Å². The molecule has 0 aliphatic carbocycles. The first-order chi connectivity index (χ1) is 8.72. The van der Waals surface area contributed by atoms with E-state index in [1.165, 1.54) is 0 Å². The van der Waals surface area contributed by atoms with Gasteiger partial charge in [-0.3, -0.25) is 0 Å². The molecular formula is C12H20N4OS. The van der Waals surface area contributed by atoms with E-state index in [1.54, 1.807) is 11.8 Å². The molecule has 0 amide bonds. The van der Waals surface area contributed by atoms with Gasteiger partial charge in [-0.05, 0) is 26.0 Å². The van der Waals surface area contributed by atoms with Gasteiger partial charge >= 0.3 is 0 Å². The average molecular weight is 268 g/mol. The van der Waals surface area contributed by atoms with Gasteiger partial charge in [0.15, 0.2) is 5.16 Å². The zero-order valence-corrected chi connectivity index (χ0v) is 11.7. The van der Waals surface area contributed by atoms with Crippen molar-refractivity contribution in [3.05, 3.63) is 6.07 Å². The molecule has 1 fully saturated rings. The van der Waals surface area contributed by atoms with E-state index < -0.39 is 0 Å². The molecule has 1 aromatic heterocycles. The summed E-state index contributed by atoms with van der Waals surface area (Å²) in [6, 6.07) is 1.99. The van der Waals surface area contributed by atoms with E-state index in [0.717, 1.165) is 49.3 Å². The molecule has 0 unspecified atom stereocenters. The van der Waals surface area contributed by atoms with Gasteiger partial charge in [0, 0.05) is 25.7 Å². The first-order valence-electron chi connectivity index (χ1n) is 6.33. The zero-order valence-electron chi connectivity index (χ0n) is 10.9. The second-order valence-electron chi connectivity index (χ2n) is 4.35. The van der Waals surface area contributed by atoms with Crippen molar-refractivity contribution in [1.29, 1.82) is 0 Å². The minimum atomic E-state index is -0.156. The summed E-state index contributed by atoms with van der Waals surface area (Å²) >= 11 is 1.55. The van der Waals surface area contributed by atoms with E-state index in [2.05, 4.69) is 27.1 Å². The summed E-state index contributed by atoms with van der Waals surface area (Å²) < 4.78 is 0. The smallest absolute Gasteiger partial charge is 0.191 e. The van der Waals surface area contributed by atoms with Gasteiger partial charge in [-0.2, -0.15) is 0 Å². The lowest BCUT2D eigenvalue weighted by molar-refractivity contribution is 0.145. The zero-order chi connectivity index (χ0) is 13.0. The van der Waals surface area contributed by atoms with Crippen molar-refractivity contribution >= 4 is 23.4 Å². The average Bonchev–Trinajstić information content (AvgIpc) is 2.39. The third-order valence-corrected chi connectivity index (χ3v) is 3.57. The molecule has 1 aliphatic rings. The highest BCUT2D eigenvalue weighted by Gasteiger charge is 2.19. The number of aliphatic hydroxyl groups is 1. The van der Waals surface area contributed by atoms with Crippen LogP contribution in [-0.4, -0.2) is 47.1 Å². The Bertz CT molecular complexity index is 394. The maximum absolute atomic E-state index is 9.54. The van der Waals surface area contributed by atoms with Gasteiger partial charge in [-0.15, -0.1) is 0 Å². The Hall–Kier alpha value is -1.01. The summed E-state index contributed by atoms with van der Waals surface area (Å²) in [6.07, 6.45) is 3.45. The Labute approximate surface area is 112 Å². The van der Waals surface area contributed by atoms with Crippen molar-refractivity contribution in [3.63, 3.8) is 0 Å². The van der Waals surface area contributed by atoms with Crippen LogP contribution in [0.5, 0.6) is 0 Å². The van der Waals surface area contributed by atoms with Crippen molar-refractivity contribution in [2.75, 3.05) is 36.1 Å². The normalized spacial score (nSPS) is 16.9.